The van der Waals surface area contributed by atoms with Gasteiger partial charge in [-0.05, 0) is 38.3 Å². The Labute approximate surface area is 271 Å². The maximum Gasteiger partial charge on any atom is 0.277 e. The molecule has 50 heavy (non-hydrogen) atoms. The van der Waals surface area contributed by atoms with Crippen LogP contribution in [0.4, 0.5) is 65.9 Å². The number of hydrogen-bond acceptors (Lipinski definition) is 0. The second-order valence-electron chi connectivity index (χ2n) is 11.1. The predicted octanol–water partition coefficient (Wildman–Crippen LogP) is 8.49. The van der Waals surface area contributed by atoms with Gasteiger partial charge in [0.15, 0.2) is 58.2 Å². The predicted molar refractivity (Wildman–Crippen MR) is 155 cm³/mol. The van der Waals surface area contributed by atoms with E-state index in [2.05, 4.69) is 0 Å². The third-order valence-corrected chi connectivity index (χ3v) is 14.5. The van der Waals surface area contributed by atoms with Gasteiger partial charge in [-0.25, -0.2) is 65.9 Å². The molecular weight excluding hydrogens is 723 g/mol. The van der Waals surface area contributed by atoms with Gasteiger partial charge in [-0.1, -0.05) is 47.3 Å². The van der Waals surface area contributed by atoms with E-state index in [-0.39, 0.29) is 10.6 Å². The Bertz CT molecular complexity index is 2100. The standard InChI is InChI=1S/C33H13BF15P/c1-12-16(15-19(35)25(41)31(47)26(42)20(15)36)34(17-21(37)27(43)32(48)28(44)22(17)38,18-23(39)29(45)33(49)30(46)24(18)40)50(12,13-8-4-2-5-9-13)14-10-6-3-7-11-14/h2-11H,1H3. The lowest BCUT2D eigenvalue weighted by Crippen LogP contribution is -2.73. The van der Waals surface area contributed by atoms with Crippen LogP contribution >= 0.6 is 7.14 Å². The molecular formula is C33H13BF15P. The first-order valence-corrected chi connectivity index (χ1v) is 15.8. The van der Waals surface area contributed by atoms with Gasteiger partial charge in [0.25, 0.3) is 5.87 Å². The average Bonchev–Trinajstić information content (AvgIpc) is 3.12. The van der Waals surface area contributed by atoms with Crippen molar-refractivity contribution in [3.63, 3.8) is 0 Å². The molecule has 0 atom stereocenters. The Kier molecular flexibility index (Phi) is 8.40. The minimum atomic E-state index is -5.30. The summed E-state index contributed by atoms with van der Waals surface area (Å²) in [6.45, 7) is 0.846. The van der Waals surface area contributed by atoms with Crippen LogP contribution in [0.25, 0.3) is 5.47 Å². The van der Waals surface area contributed by atoms with Crippen LogP contribution in [-0.2, 0) is 0 Å². The quantitative estimate of drug-likeness (QED) is 0.0559. The summed E-state index contributed by atoms with van der Waals surface area (Å²) in [5.74, 6) is -48.0. The number of allylic oxidation sites excluding steroid dienone is 1. The molecule has 0 spiro atoms. The van der Waals surface area contributed by atoms with Crippen LogP contribution in [0.3, 0.4) is 0 Å². The molecule has 6 rings (SSSR count). The summed E-state index contributed by atoms with van der Waals surface area (Å²) < 4.78 is 231. The van der Waals surface area contributed by atoms with Gasteiger partial charge in [-0.3, -0.25) is 0 Å². The van der Waals surface area contributed by atoms with Gasteiger partial charge >= 0.3 is 0 Å². The summed E-state index contributed by atoms with van der Waals surface area (Å²) in [4.78, 5) is 0. The van der Waals surface area contributed by atoms with E-state index in [0.717, 1.165) is 31.2 Å². The molecule has 0 saturated heterocycles. The van der Waals surface area contributed by atoms with Crippen molar-refractivity contribution in [3.8, 4) is 0 Å². The maximum atomic E-state index is 16.4. The largest absolute Gasteiger partial charge is 0.277 e. The molecule has 0 nitrogen and oxygen atoms in total. The third-order valence-electron chi connectivity index (χ3n) is 9.05. The Morgan fingerprint density at radius 2 is 0.620 bits per heavy atom. The van der Waals surface area contributed by atoms with Crippen molar-refractivity contribution < 1.29 is 65.9 Å². The highest BCUT2D eigenvalue weighted by Crippen LogP contribution is 2.81. The highest BCUT2D eigenvalue weighted by molar-refractivity contribution is 8.28. The first-order valence-electron chi connectivity index (χ1n) is 14.0. The van der Waals surface area contributed by atoms with Crippen molar-refractivity contribution in [2.75, 3.05) is 0 Å². The van der Waals surface area contributed by atoms with E-state index in [9.17, 15) is 22.0 Å². The van der Waals surface area contributed by atoms with E-state index in [0.29, 0.717) is 0 Å². The molecule has 258 valence electrons. The highest BCUT2D eigenvalue weighted by atomic mass is 31.2. The van der Waals surface area contributed by atoms with Crippen LogP contribution in [0.5, 0.6) is 0 Å². The second-order valence-corrected chi connectivity index (χ2v) is 15.0. The molecule has 0 aromatic heterocycles. The summed E-state index contributed by atoms with van der Waals surface area (Å²) in [7, 11) is -4.87. The van der Waals surface area contributed by atoms with Crippen LogP contribution in [0.2, 0.25) is 0 Å². The van der Waals surface area contributed by atoms with Crippen LogP contribution in [0, 0.1) is 87.3 Å². The number of halogens is 15. The van der Waals surface area contributed by atoms with Crippen molar-refractivity contribution in [1.29, 1.82) is 0 Å². The minimum absolute atomic E-state index is 0.357. The molecule has 0 fully saturated rings. The van der Waals surface area contributed by atoms with E-state index in [4.69, 9.17) is 0 Å². The second kappa shape index (κ2) is 12.0. The van der Waals surface area contributed by atoms with E-state index in [1.807, 2.05) is 0 Å². The van der Waals surface area contributed by atoms with E-state index in [1.54, 1.807) is 0 Å². The zero-order chi connectivity index (χ0) is 36.8. The van der Waals surface area contributed by atoms with Crippen LogP contribution in [0.1, 0.15) is 12.5 Å². The highest BCUT2D eigenvalue weighted by Gasteiger charge is 2.73. The molecule has 1 heterocycles. The Morgan fingerprint density at radius 3 is 0.920 bits per heavy atom. The number of hydrogen-bond donors (Lipinski definition) is 0. The van der Waals surface area contributed by atoms with Crippen molar-refractivity contribution in [2.24, 2.45) is 0 Å². The lowest BCUT2D eigenvalue weighted by Gasteiger charge is -2.61. The van der Waals surface area contributed by atoms with Crippen molar-refractivity contribution >= 4 is 40.0 Å². The molecule has 0 amide bonds. The Morgan fingerprint density at radius 1 is 0.360 bits per heavy atom. The van der Waals surface area contributed by atoms with Crippen molar-refractivity contribution in [3.05, 3.63) is 159 Å². The molecule has 17 heteroatoms. The maximum absolute atomic E-state index is 16.4. The zero-order valence-corrected chi connectivity index (χ0v) is 25.4. The zero-order valence-electron chi connectivity index (χ0n) is 24.5. The van der Waals surface area contributed by atoms with Gasteiger partial charge < -0.3 is 0 Å². The SMILES string of the molecule is CC1=C(c2c(F)c(F)c(F)c(F)c2F)[B-](c2c(F)c(F)c(F)c(F)c2F)(c2c(F)c(F)c(F)c(F)c2F)[P+]1(c1ccccc1)c1ccccc1. The normalized spacial score (nSPS) is 15.0. The first kappa shape index (κ1) is 35.1. The lowest BCUT2D eigenvalue weighted by atomic mass is 9.31. The number of benzene rings is 5. The molecule has 5 aromatic carbocycles. The molecule has 1 aliphatic heterocycles. The summed E-state index contributed by atoms with van der Waals surface area (Å²) in [6.07, 6.45) is 0. The fourth-order valence-electron chi connectivity index (χ4n) is 7.25. The van der Waals surface area contributed by atoms with Gasteiger partial charge in [-0.2, -0.15) is 0 Å². The van der Waals surface area contributed by atoms with Crippen LogP contribution in [0.15, 0.2) is 66.0 Å². The summed E-state index contributed by atoms with van der Waals surface area (Å²) in [5.41, 5.74) is -8.51. The fourth-order valence-corrected chi connectivity index (χ4v) is 13.5. The molecule has 1 aliphatic rings. The van der Waals surface area contributed by atoms with Crippen molar-refractivity contribution in [1.82, 2.24) is 0 Å². The minimum Gasteiger partial charge on any atom is -0.207 e. The van der Waals surface area contributed by atoms with Gasteiger partial charge in [0, 0.05) is 10.9 Å². The van der Waals surface area contributed by atoms with E-state index >= 15 is 43.9 Å². The summed E-state index contributed by atoms with van der Waals surface area (Å²) in [5, 5.41) is -1.40. The molecule has 0 aliphatic carbocycles. The summed E-state index contributed by atoms with van der Waals surface area (Å²) in [6, 6.07) is 11.6. The average molecular weight is 736 g/mol. The number of rotatable bonds is 5. The van der Waals surface area contributed by atoms with Crippen LogP contribution < -0.4 is 21.5 Å². The van der Waals surface area contributed by atoms with E-state index in [1.165, 1.54) is 36.4 Å². The molecule has 0 radical (unpaired) electrons. The van der Waals surface area contributed by atoms with Gasteiger partial charge in [-0.15, -0.1) is 5.47 Å². The van der Waals surface area contributed by atoms with Gasteiger partial charge in [0.1, 0.15) is 23.3 Å². The Hall–Kier alpha value is -4.72. The first-order chi connectivity index (χ1) is 23.5. The lowest BCUT2D eigenvalue weighted by molar-refractivity contribution is 0.376. The Balaban J connectivity index is 2.09. The monoisotopic (exact) mass is 736 g/mol. The molecule has 0 saturated carbocycles. The fraction of sp³-hybridized carbons (Fsp3) is 0.0303. The topological polar surface area (TPSA) is 0 Å². The molecule has 0 bridgehead atoms. The third kappa shape index (κ3) is 4.17. The van der Waals surface area contributed by atoms with E-state index < -0.39 is 128 Å². The van der Waals surface area contributed by atoms with Gasteiger partial charge in [0.05, 0.1) is 10.6 Å². The molecule has 0 N–H and O–H groups in total. The van der Waals surface area contributed by atoms with Gasteiger partial charge in [0.2, 0.25) is 5.82 Å². The molecule has 5 aromatic rings. The van der Waals surface area contributed by atoms with Crippen molar-refractivity contribution in [2.45, 2.75) is 6.92 Å². The molecule has 0 unspecified atom stereocenters. The van der Waals surface area contributed by atoms with Crippen LogP contribution in [-0.4, -0.2) is 5.87 Å². The smallest absolute Gasteiger partial charge is 0.207 e. The summed E-state index contributed by atoms with van der Waals surface area (Å²) >= 11 is 0.